The van der Waals surface area contributed by atoms with Crippen LogP contribution in [-0.2, 0) is 4.74 Å². The van der Waals surface area contributed by atoms with E-state index < -0.39 is 28.9 Å². The van der Waals surface area contributed by atoms with Crippen molar-refractivity contribution in [1.29, 1.82) is 0 Å². The second kappa shape index (κ2) is 5.58. The average Bonchev–Trinajstić information content (AvgIpc) is 3.10. The molecule has 0 unspecified atom stereocenters. The van der Waals surface area contributed by atoms with E-state index in [1.165, 1.54) is 0 Å². The normalized spacial score (nSPS) is 13.7. The molecule has 21 heavy (non-hydrogen) atoms. The van der Waals surface area contributed by atoms with Crippen LogP contribution in [0.4, 0.5) is 19.4 Å². The van der Waals surface area contributed by atoms with Crippen LogP contribution < -0.4 is 4.90 Å². The molecule has 0 radical (unpaired) electrons. The topological polar surface area (TPSA) is 72.6 Å². The van der Waals surface area contributed by atoms with Crippen LogP contribution in [0.2, 0.25) is 0 Å². The van der Waals surface area contributed by atoms with E-state index in [4.69, 9.17) is 9.26 Å². The Morgan fingerprint density at radius 1 is 1.33 bits per heavy atom. The third-order valence-corrected chi connectivity index (χ3v) is 2.80. The Kier molecular flexibility index (Phi) is 3.84. The van der Waals surface area contributed by atoms with E-state index in [1.807, 2.05) is 0 Å². The van der Waals surface area contributed by atoms with Crippen LogP contribution >= 0.6 is 0 Å². The minimum Gasteiger partial charge on any atom is -0.447 e. The second-order valence-electron chi connectivity index (χ2n) is 3.86. The lowest BCUT2D eigenvalue weighted by molar-refractivity contribution is 0.111. The summed E-state index contributed by atoms with van der Waals surface area (Å²) in [6.45, 7) is 0.382. The average molecular weight is 294 g/mol. The molecule has 1 aromatic carbocycles. The fourth-order valence-corrected chi connectivity index (χ4v) is 1.89. The smallest absolute Gasteiger partial charge is 0.415 e. The number of hydrogen-bond acceptors (Lipinski definition) is 5. The first kappa shape index (κ1) is 14.5. The van der Waals surface area contributed by atoms with E-state index in [0.717, 1.165) is 11.0 Å². The van der Waals surface area contributed by atoms with Gasteiger partial charge in [-0.05, 0) is 6.07 Å². The number of terminal acetylenes is 1. The van der Waals surface area contributed by atoms with E-state index in [-0.39, 0.29) is 30.6 Å². The van der Waals surface area contributed by atoms with Gasteiger partial charge in [0, 0.05) is 0 Å². The molecule has 6 nitrogen and oxygen atoms in total. The molecule has 1 amide bonds. The summed E-state index contributed by atoms with van der Waals surface area (Å²) in [4.78, 5) is 23.2. The SMILES string of the molecule is C#C.O=Cc1cc2c(N3CCOC3=O)noc2c(F)c1F. The molecule has 2 aromatic rings. The molecule has 0 spiro atoms. The van der Waals surface area contributed by atoms with Crippen molar-refractivity contribution in [3.63, 3.8) is 0 Å². The number of fused-ring (bicyclic) bond motifs is 1. The van der Waals surface area contributed by atoms with Gasteiger partial charge in [0.1, 0.15) is 6.61 Å². The van der Waals surface area contributed by atoms with E-state index in [9.17, 15) is 18.4 Å². The molecule has 108 valence electrons. The van der Waals surface area contributed by atoms with Crippen LogP contribution in [0.3, 0.4) is 0 Å². The lowest BCUT2D eigenvalue weighted by Crippen LogP contribution is -2.23. The lowest BCUT2D eigenvalue weighted by atomic mass is 10.1. The van der Waals surface area contributed by atoms with Crippen molar-refractivity contribution in [2.75, 3.05) is 18.1 Å². The Balaban J connectivity index is 0.000000774. The van der Waals surface area contributed by atoms with Crippen LogP contribution in [0, 0.1) is 24.5 Å². The summed E-state index contributed by atoms with van der Waals surface area (Å²) in [6, 6.07) is 1.08. The number of nitrogens with zero attached hydrogens (tertiary/aromatic N) is 2. The summed E-state index contributed by atoms with van der Waals surface area (Å²) >= 11 is 0. The first-order valence-electron chi connectivity index (χ1n) is 5.63. The van der Waals surface area contributed by atoms with Crippen molar-refractivity contribution in [2.24, 2.45) is 0 Å². The number of benzene rings is 1. The van der Waals surface area contributed by atoms with Crippen molar-refractivity contribution in [3.05, 3.63) is 23.3 Å². The van der Waals surface area contributed by atoms with E-state index in [0.29, 0.717) is 0 Å². The van der Waals surface area contributed by atoms with Crippen LogP contribution in [0.1, 0.15) is 10.4 Å². The van der Waals surface area contributed by atoms with Crippen molar-refractivity contribution < 1.29 is 27.6 Å². The standard InChI is InChI=1S/C11H6F2N2O4.C2H2/c12-7-5(4-16)3-6-9(8(7)13)19-14-10(6)15-1-2-18-11(15)17;1-2/h3-4H,1-2H2;1-2H. The Morgan fingerprint density at radius 3 is 2.62 bits per heavy atom. The first-order chi connectivity index (χ1) is 10.1. The Morgan fingerprint density at radius 2 is 2.05 bits per heavy atom. The van der Waals surface area contributed by atoms with E-state index in [2.05, 4.69) is 18.0 Å². The van der Waals surface area contributed by atoms with Gasteiger partial charge in [-0.3, -0.25) is 9.69 Å². The summed E-state index contributed by atoms with van der Waals surface area (Å²) < 4.78 is 36.4. The van der Waals surface area contributed by atoms with Gasteiger partial charge >= 0.3 is 6.09 Å². The highest BCUT2D eigenvalue weighted by Gasteiger charge is 2.30. The number of hydrogen-bond donors (Lipinski definition) is 0. The predicted octanol–water partition coefficient (Wildman–Crippen LogP) is 2.12. The molecular formula is C13H8F2N2O4. The molecule has 1 aliphatic heterocycles. The van der Waals surface area contributed by atoms with Gasteiger partial charge in [0.2, 0.25) is 11.4 Å². The number of halogens is 2. The molecule has 3 rings (SSSR count). The lowest BCUT2D eigenvalue weighted by Gasteiger charge is -2.08. The minimum absolute atomic E-state index is 0.000463. The highest BCUT2D eigenvalue weighted by Crippen LogP contribution is 2.31. The number of carbonyl (C=O) groups excluding carboxylic acids is 2. The maximum Gasteiger partial charge on any atom is 0.415 e. The summed E-state index contributed by atoms with van der Waals surface area (Å²) in [7, 11) is 0. The van der Waals surface area contributed by atoms with Gasteiger partial charge in [0.25, 0.3) is 0 Å². The highest BCUT2D eigenvalue weighted by atomic mass is 19.2. The molecule has 1 saturated heterocycles. The van der Waals surface area contributed by atoms with Crippen molar-refractivity contribution in [1.82, 2.24) is 5.16 Å². The zero-order chi connectivity index (χ0) is 15.6. The number of rotatable bonds is 2. The van der Waals surface area contributed by atoms with Crippen molar-refractivity contribution in [3.8, 4) is 12.8 Å². The molecule has 1 aliphatic rings. The Labute approximate surface area is 117 Å². The van der Waals surface area contributed by atoms with E-state index >= 15 is 0 Å². The van der Waals surface area contributed by atoms with Gasteiger partial charge in [-0.1, -0.05) is 5.16 Å². The van der Waals surface area contributed by atoms with Gasteiger partial charge in [-0.15, -0.1) is 12.8 Å². The fraction of sp³-hybridized carbons (Fsp3) is 0.154. The molecule has 0 N–H and O–H groups in total. The summed E-state index contributed by atoms with van der Waals surface area (Å²) in [5.41, 5.74) is -0.917. The van der Waals surface area contributed by atoms with Crippen LogP contribution in [-0.4, -0.2) is 30.7 Å². The zero-order valence-corrected chi connectivity index (χ0v) is 10.5. The molecule has 0 aliphatic carbocycles. The number of cyclic esters (lactones) is 1. The molecule has 0 saturated carbocycles. The summed E-state index contributed by atoms with van der Waals surface area (Å²) in [5, 5.41) is 3.57. The maximum absolute atomic E-state index is 13.6. The molecule has 0 bridgehead atoms. The third kappa shape index (κ3) is 2.18. The number of carbonyl (C=O) groups is 2. The Hall–Kier alpha value is -2.95. The van der Waals surface area contributed by atoms with Crippen LogP contribution in [0.5, 0.6) is 0 Å². The van der Waals surface area contributed by atoms with Crippen LogP contribution in [0.15, 0.2) is 10.6 Å². The number of aldehydes is 1. The molecule has 0 atom stereocenters. The monoisotopic (exact) mass is 294 g/mol. The van der Waals surface area contributed by atoms with Gasteiger partial charge in [-0.25, -0.2) is 9.18 Å². The molecule has 2 heterocycles. The molecular weight excluding hydrogens is 286 g/mol. The number of anilines is 1. The summed E-state index contributed by atoms with van der Waals surface area (Å²) in [6.07, 6.45) is 7.52. The minimum atomic E-state index is -1.31. The first-order valence-corrected chi connectivity index (χ1v) is 5.63. The zero-order valence-electron chi connectivity index (χ0n) is 10.5. The number of aromatic nitrogens is 1. The largest absolute Gasteiger partial charge is 0.447 e. The van der Waals surface area contributed by atoms with Crippen molar-refractivity contribution >= 4 is 29.2 Å². The van der Waals surface area contributed by atoms with Gasteiger partial charge in [-0.2, -0.15) is 4.39 Å². The predicted molar refractivity (Wildman–Crippen MR) is 67.9 cm³/mol. The quantitative estimate of drug-likeness (QED) is 0.626. The Bertz CT molecular complexity index is 739. The molecule has 1 fully saturated rings. The van der Waals surface area contributed by atoms with Gasteiger partial charge in [0.15, 0.2) is 17.9 Å². The maximum atomic E-state index is 13.6. The second-order valence-corrected chi connectivity index (χ2v) is 3.86. The number of amides is 1. The van der Waals surface area contributed by atoms with Crippen LogP contribution in [0.25, 0.3) is 11.0 Å². The fourth-order valence-electron chi connectivity index (χ4n) is 1.89. The molecule has 8 heteroatoms. The van der Waals surface area contributed by atoms with Gasteiger partial charge < -0.3 is 9.26 Å². The van der Waals surface area contributed by atoms with Crippen molar-refractivity contribution in [2.45, 2.75) is 0 Å². The van der Waals surface area contributed by atoms with Gasteiger partial charge in [0.05, 0.1) is 17.5 Å². The van der Waals surface area contributed by atoms with E-state index in [1.54, 1.807) is 0 Å². The highest BCUT2D eigenvalue weighted by molar-refractivity contribution is 6.00. The molecule has 1 aromatic heterocycles. The third-order valence-electron chi connectivity index (χ3n) is 2.80. The summed E-state index contributed by atoms with van der Waals surface area (Å²) in [5.74, 6) is -2.63. The number of ether oxygens (including phenoxy) is 1.